The SMILES string of the molecule is COC(=O)[C@@H]1CSC(=S)N1Cc1ccc(OC)cc1. The smallest absolute Gasteiger partial charge is 0.329 e. The Morgan fingerprint density at radius 2 is 2.11 bits per heavy atom. The van der Waals surface area contributed by atoms with E-state index in [0.717, 1.165) is 15.6 Å². The van der Waals surface area contributed by atoms with Gasteiger partial charge in [-0.3, -0.25) is 0 Å². The number of benzene rings is 1. The van der Waals surface area contributed by atoms with E-state index in [2.05, 4.69) is 0 Å². The number of esters is 1. The third kappa shape index (κ3) is 3.19. The van der Waals surface area contributed by atoms with Gasteiger partial charge >= 0.3 is 5.97 Å². The van der Waals surface area contributed by atoms with E-state index in [9.17, 15) is 4.79 Å². The largest absolute Gasteiger partial charge is 0.497 e. The maximum atomic E-state index is 11.7. The summed E-state index contributed by atoms with van der Waals surface area (Å²) in [5.74, 6) is 1.23. The highest BCUT2D eigenvalue weighted by atomic mass is 32.2. The van der Waals surface area contributed by atoms with Crippen LogP contribution in [0, 0.1) is 0 Å². The molecule has 1 atom stereocenters. The summed E-state index contributed by atoms with van der Waals surface area (Å²) in [6.07, 6.45) is 0. The lowest BCUT2D eigenvalue weighted by atomic mass is 10.2. The van der Waals surface area contributed by atoms with Crippen molar-refractivity contribution in [1.29, 1.82) is 0 Å². The number of methoxy groups -OCH3 is 2. The molecular weight excluding hydrogens is 282 g/mol. The van der Waals surface area contributed by atoms with Gasteiger partial charge in [-0.25, -0.2) is 4.79 Å². The Balaban J connectivity index is 2.10. The van der Waals surface area contributed by atoms with Crippen molar-refractivity contribution in [2.75, 3.05) is 20.0 Å². The van der Waals surface area contributed by atoms with E-state index in [4.69, 9.17) is 21.7 Å². The van der Waals surface area contributed by atoms with Gasteiger partial charge in [-0.15, -0.1) is 0 Å². The topological polar surface area (TPSA) is 38.8 Å². The fraction of sp³-hybridized carbons (Fsp3) is 0.385. The fourth-order valence-electron chi connectivity index (χ4n) is 1.88. The molecule has 0 aliphatic carbocycles. The Morgan fingerprint density at radius 1 is 1.42 bits per heavy atom. The van der Waals surface area contributed by atoms with E-state index in [1.165, 1.54) is 18.9 Å². The number of hydrogen-bond donors (Lipinski definition) is 0. The summed E-state index contributed by atoms with van der Waals surface area (Å²) in [5.41, 5.74) is 1.08. The lowest BCUT2D eigenvalue weighted by Crippen LogP contribution is -2.39. The molecule has 0 radical (unpaired) electrons. The summed E-state index contributed by atoms with van der Waals surface area (Å²) < 4.78 is 10.7. The zero-order chi connectivity index (χ0) is 13.8. The minimum atomic E-state index is -0.287. The van der Waals surface area contributed by atoms with Crippen molar-refractivity contribution in [3.63, 3.8) is 0 Å². The van der Waals surface area contributed by atoms with Gasteiger partial charge in [0.05, 0.1) is 14.2 Å². The third-order valence-electron chi connectivity index (χ3n) is 2.96. The standard InChI is InChI=1S/C13H15NO3S2/c1-16-10-5-3-9(4-6-10)7-14-11(12(15)17-2)8-19-13(14)18/h3-6,11H,7-8H2,1-2H3/t11-/m0/s1. The molecular formula is C13H15NO3S2. The Labute approximate surface area is 122 Å². The highest BCUT2D eigenvalue weighted by Gasteiger charge is 2.35. The summed E-state index contributed by atoms with van der Waals surface area (Å²) in [7, 11) is 3.04. The van der Waals surface area contributed by atoms with Crippen LogP contribution in [0.5, 0.6) is 5.75 Å². The summed E-state index contributed by atoms with van der Waals surface area (Å²) in [5, 5.41) is 0. The number of thiocarbonyl (C=S) groups is 1. The first-order valence-electron chi connectivity index (χ1n) is 5.80. The molecule has 0 bridgehead atoms. The summed E-state index contributed by atoms with van der Waals surface area (Å²) in [6.45, 7) is 0.607. The van der Waals surface area contributed by atoms with Gasteiger partial charge in [-0.05, 0) is 17.7 Å². The average molecular weight is 297 g/mol. The van der Waals surface area contributed by atoms with Crippen LogP contribution in [0.25, 0.3) is 0 Å². The number of rotatable bonds is 4. The van der Waals surface area contributed by atoms with E-state index < -0.39 is 0 Å². The maximum absolute atomic E-state index is 11.7. The third-order valence-corrected chi connectivity index (χ3v) is 4.51. The summed E-state index contributed by atoms with van der Waals surface area (Å²) in [4.78, 5) is 13.6. The molecule has 0 spiro atoms. The molecule has 19 heavy (non-hydrogen) atoms. The van der Waals surface area contributed by atoms with Crippen LogP contribution in [-0.2, 0) is 16.1 Å². The second kappa shape index (κ2) is 6.25. The zero-order valence-electron chi connectivity index (χ0n) is 10.8. The Bertz CT molecular complexity index is 475. The van der Waals surface area contributed by atoms with E-state index >= 15 is 0 Å². The van der Waals surface area contributed by atoms with Gasteiger partial charge in [0, 0.05) is 12.3 Å². The minimum absolute atomic E-state index is 0.235. The second-order valence-corrected chi connectivity index (χ2v) is 5.75. The van der Waals surface area contributed by atoms with E-state index in [1.807, 2.05) is 29.2 Å². The summed E-state index contributed by atoms with van der Waals surface area (Å²) in [6, 6.07) is 7.45. The molecule has 1 aromatic carbocycles. The normalized spacial score (nSPS) is 18.5. The van der Waals surface area contributed by atoms with Crippen LogP contribution >= 0.6 is 24.0 Å². The summed E-state index contributed by atoms with van der Waals surface area (Å²) >= 11 is 6.80. The van der Waals surface area contributed by atoms with Crippen molar-refractivity contribution < 1.29 is 14.3 Å². The molecule has 1 heterocycles. The number of carbonyl (C=O) groups is 1. The Hall–Kier alpha value is -1.27. The van der Waals surface area contributed by atoms with Crippen molar-refractivity contribution >= 4 is 34.3 Å². The molecule has 0 unspecified atom stereocenters. The molecule has 0 N–H and O–H groups in total. The first-order chi connectivity index (χ1) is 9.15. The fourth-order valence-corrected chi connectivity index (χ4v) is 3.25. The van der Waals surface area contributed by atoms with Crippen molar-refractivity contribution in [2.45, 2.75) is 12.6 Å². The Kier molecular flexibility index (Phi) is 4.66. The molecule has 0 amide bonds. The first-order valence-corrected chi connectivity index (χ1v) is 7.19. The van der Waals surface area contributed by atoms with Crippen LogP contribution in [0.1, 0.15) is 5.56 Å². The molecule has 2 rings (SSSR count). The molecule has 1 aromatic rings. The van der Waals surface area contributed by atoms with Crippen LogP contribution in [0.15, 0.2) is 24.3 Å². The van der Waals surface area contributed by atoms with Crippen molar-refractivity contribution in [2.24, 2.45) is 0 Å². The van der Waals surface area contributed by atoms with E-state index in [0.29, 0.717) is 12.3 Å². The quantitative estimate of drug-likeness (QED) is 0.626. The highest BCUT2D eigenvalue weighted by molar-refractivity contribution is 8.23. The number of ether oxygens (including phenoxy) is 2. The predicted octanol–water partition coefficient (Wildman–Crippen LogP) is 2.07. The monoisotopic (exact) mass is 297 g/mol. The molecule has 4 nitrogen and oxygen atoms in total. The minimum Gasteiger partial charge on any atom is -0.497 e. The molecule has 102 valence electrons. The number of nitrogens with zero attached hydrogens (tertiary/aromatic N) is 1. The maximum Gasteiger partial charge on any atom is 0.329 e. The van der Waals surface area contributed by atoms with Gasteiger partial charge in [-0.1, -0.05) is 36.1 Å². The van der Waals surface area contributed by atoms with E-state index in [-0.39, 0.29) is 12.0 Å². The first kappa shape index (κ1) is 14.1. The molecule has 0 aromatic heterocycles. The highest BCUT2D eigenvalue weighted by Crippen LogP contribution is 2.27. The lowest BCUT2D eigenvalue weighted by Gasteiger charge is -2.23. The number of carbonyl (C=O) groups excluding carboxylic acids is 1. The van der Waals surface area contributed by atoms with Gasteiger partial charge in [-0.2, -0.15) is 0 Å². The molecule has 6 heteroatoms. The molecule has 1 saturated heterocycles. The second-order valence-electron chi connectivity index (χ2n) is 4.09. The van der Waals surface area contributed by atoms with Gasteiger partial charge in [0.1, 0.15) is 16.1 Å². The zero-order valence-corrected chi connectivity index (χ0v) is 12.4. The Morgan fingerprint density at radius 3 is 2.68 bits per heavy atom. The van der Waals surface area contributed by atoms with Crippen LogP contribution in [-0.4, -0.2) is 41.2 Å². The average Bonchev–Trinajstić information content (AvgIpc) is 2.80. The van der Waals surface area contributed by atoms with Crippen molar-refractivity contribution in [3.8, 4) is 5.75 Å². The van der Waals surface area contributed by atoms with Crippen LogP contribution in [0.2, 0.25) is 0 Å². The lowest BCUT2D eigenvalue weighted by molar-refractivity contribution is -0.144. The van der Waals surface area contributed by atoms with Gasteiger partial charge < -0.3 is 14.4 Å². The molecule has 0 saturated carbocycles. The van der Waals surface area contributed by atoms with Gasteiger partial charge in [0.15, 0.2) is 0 Å². The van der Waals surface area contributed by atoms with Gasteiger partial charge in [0.25, 0.3) is 0 Å². The van der Waals surface area contributed by atoms with Crippen molar-refractivity contribution in [3.05, 3.63) is 29.8 Å². The number of hydrogen-bond acceptors (Lipinski definition) is 5. The van der Waals surface area contributed by atoms with Crippen LogP contribution in [0.3, 0.4) is 0 Å². The number of thioether (sulfide) groups is 1. The molecule has 1 fully saturated rings. The van der Waals surface area contributed by atoms with Crippen LogP contribution < -0.4 is 4.74 Å². The van der Waals surface area contributed by atoms with Crippen molar-refractivity contribution in [1.82, 2.24) is 4.90 Å². The van der Waals surface area contributed by atoms with Gasteiger partial charge in [0.2, 0.25) is 0 Å². The molecule has 1 aliphatic heterocycles. The predicted molar refractivity (Wildman–Crippen MR) is 79.4 cm³/mol. The van der Waals surface area contributed by atoms with E-state index in [1.54, 1.807) is 7.11 Å². The molecule has 1 aliphatic rings. The van der Waals surface area contributed by atoms with Crippen LogP contribution in [0.4, 0.5) is 0 Å².